The largest absolute Gasteiger partial charge is 0.378 e. The number of primary amides is 1. The van der Waals surface area contributed by atoms with E-state index in [4.69, 9.17) is 17.3 Å². The molecule has 2 N–H and O–H groups in total. The van der Waals surface area contributed by atoms with Crippen LogP contribution in [0.15, 0.2) is 54.7 Å². The number of hydrogen-bond donors (Lipinski definition) is 1. The molecule has 6 nitrogen and oxygen atoms in total. The standard InChI is InChI=1S/C26H26ClFN4O2/c1-15-19(8-5-11-30-15)26(34)32(23-10-9-20-21(23)13-17(27)14-22(20)28)24(25(29)33)16-6-4-7-18(12-16)31(2)3/h4-8,11-14,23-24H,9-10H2,1-3H3,(H2,29,33)/t23-,24-/m1/s1. The van der Waals surface area contributed by atoms with Gasteiger partial charge in [0.1, 0.15) is 11.9 Å². The minimum atomic E-state index is -1.08. The van der Waals surface area contributed by atoms with Crippen molar-refractivity contribution in [2.75, 3.05) is 19.0 Å². The molecule has 0 unspecified atom stereocenters. The fraction of sp³-hybridized carbons (Fsp3) is 0.269. The molecule has 0 saturated heterocycles. The molecule has 1 heterocycles. The van der Waals surface area contributed by atoms with Gasteiger partial charge in [0.05, 0.1) is 11.6 Å². The Morgan fingerprint density at radius 2 is 1.94 bits per heavy atom. The van der Waals surface area contributed by atoms with Gasteiger partial charge in [0.2, 0.25) is 5.91 Å². The zero-order chi connectivity index (χ0) is 24.6. The molecule has 3 aromatic rings. The summed E-state index contributed by atoms with van der Waals surface area (Å²) in [7, 11) is 3.77. The van der Waals surface area contributed by atoms with Gasteiger partial charge in [0.15, 0.2) is 0 Å². The van der Waals surface area contributed by atoms with Crippen molar-refractivity contribution in [2.45, 2.75) is 31.8 Å². The smallest absolute Gasteiger partial charge is 0.257 e. The lowest BCUT2D eigenvalue weighted by atomic mass is 9.97. The van der Waals surface area contributed by atoms with E-state index in [1.165, 1.54) is 11.0 Å². The van der Waals surface area contributed by atoms with Crippen molar-refractivity contribution in [3.05, 3.63) is 93.5 Å². The third kappa shape index (κ3) is 4.35. The SMILES string of the molecule is Cc1ncccc1C(=O)N([C@@H]1CCc2c(F)cc(Cl)cc21)[C@@H](C(N)=O)c1cccc(N(C)C)c1. The number of fused-ring (bicyclic) bond motifs is 1. The Balaban J connectivity index is 1.91. The second-order valence-electron chi connectivity index (χ2n) is 8.65. The summed E-state index contributed by atoms with van der Waals surface area (Å²) < 4.78 is 14.7. The molecule has 8 heteroatoms. The summed E-state index contributed by atoms with van der Waals surface area (Å²) in [5.41, 5.74) is 9.34. The molecule has 0 bridgehead atoms. The number of amides is 2. The minimum absolute atomic E-state index is 0.235. The lowest BCUT2D eigenvalue weighted by molar-refractivity contribution is -0.123. The highest BCUT2D eigenvalue weighted by Crippen LogP contribution is 2.43. The molecule has 1 aliphatic rings. The molecular weight excluding hydrogens is 455 g/mol. The monoisotopic (exact) mass is 480 g/mol. The zero-order valence-electron chi connectivity index (χ0n) is 19.3. The molecule has 0 saturated carbocycles. The van der Waals surface area contributed by atoms with Crippen molar-refractivity contribution >= 4 is 29.1 Å². The van der Waals surface area contributed by atoms with Crippen LogP contribution in [0.2, 0.25) is 5.02 Å². The Hall–Kier alpha value is -3.45. The van der Waals surface area contributed by atoms with Crippen LogP contribution in [0, 0.1) is 12.7 Å². The van der Waals surface area contributed by atoms with E-state index in [1.807, 2.05) is 37.2 Å². The number of hydrogen-bond acceptors (Lipinski definition) is 4. The molecule has 4 rings (SSSR count). The number of benzene rings is 2. The Kier molecular flexibility index (Phi) is 6.57. The molecule has 2 atom stereocenters. The van der Waals surface area contributed by atoms with Crippen LogP contribution >= 0.6 is 11.6 Å². The molecule has 0 spiro atoms. The van der Waals surface area contributed by atoms with Gasteiger partial charge in [-0.05, 0) is 72.9 Å². The summed E-state index contributed by atoms with van der Waals surface area (Å²) in [6, 6.07) is 11.9. The number of aryl methyl sites for hydroxylation is 1. The van der Waals surface area contributed by atoms with Gasteiger partial charge in [0, 0.05) is 36.7 Å². The van der Waals surface area contributed by atoms with Gasteiger partial charge in [-0.2, -0.15) is 0 Å². The number of carbonyl (C=O) groups excluding carboxylic acids is 2. The van der Waals surface area contributed by atoms with E-state index in [0.717, 1.165) is 5.69 Å². The highest BCUT2D eigenvalue weighted by molar-refractivity contribution is 6.30. The number of carbonyl (C=O) groups is 2. The van der Waals surface area contributed by atoms with Gasteiger partial charge in [-0.1, -0.05) is 23.7 Å². The van der Waals surface area contributed by atoms with E-state index < -0.39 is 29.7 Å². The van der Waals surface area contributed by atoms with E-state index in [0.29, 0.717) is 40.8 Å². The van der Waals surface area contributed by atoms with Crippen LogP contribution in [-0.4, -0.2) is 35.8 Å². The quantitative estimate of drug-likeness (QED) is 0.559. The predicted molar refractivity (Wildman–Crippen MR) is 130 cm³/mol. The lowest BCUT2D eigenvalue weighted by Crippen LogP contribution is -2.43. The molecule has 34 heavy (non-hydrogen) atoms. The van der Waals surface area contributed by atoms with Crippen LogP contribution in [-0.2, 0) is 11.2 Å². The second-order valence-corrected chi connectivity index (χ2v) is 9.09. The van der Waals surface area contributed by atoms with Crippen molar-refractivity contribution in [2.24, 2.45) is 5.73 Å². The van der Waals surface area contributed by atoms with Gasteiger partial charge in [-0.15, -0.1) is 0 Å². The topological polar surface area (TPSA) is 79.5 Å². The first-order valence-corrected chi connectivity index (χ1v) is 11.4. The number of aromatic nitrogens is 1. The Morgan fingerprint density at radius 3 is 2.62 bits per heavy atom. The molecule has 1 aromatic heterocycles. The van der Waals surface area contributed by atoms with Crippen LogP contribution in [0.25, 0.3) is 0 Å². The number of halogens is 2. The van der Waals surface area contributed by atoms with E-state index in [2.05, 4.69) is 4.98 Å². The first kappa shape index (κ1) is 23.7. The molecule has 0 aliphatic heterocycles. The molecule has 176 valence electrons. The average molecular weight is 481 g/mol. The maximum absolute atomic E-state index is 14.7. The normalized spacial score (nSPS) is 15.5. The summed E-state index contributed by atoms with van der Waals surface area (Å²) in [4.78, 5) is 34.6. The lowest BCUT2D eigenvalue weighted by Gasteiger charge is -2.36. The first-order valence-electron chi connectivity index (χ1n) is 11.0. The maximum atomic E-state index is 14.7. The summed E-state index contributed by atoms with van der Waals surface area (Å²) in [6.07, 6.45) is 2.46. The van der Waals surface area contributed by atoms with E-state index in [1.54, 1.807) is 37.4 Å². The van der Waals surface area contributed by atoms with E-state index >= 15 is 0 Å². The van der Waals surface area contributed by atoms with Crippen LogP contribution < -0.4 is 10.6 Å². The van der Waals surface area contributed by atoms with E-state index in [9.17, 15) is 14.0 Å². The third-order valence-corrected chi connectivity index (χ3v) is 6.50. The fourth-order valence-electron chi connectivity index (χ4n) is 4.63. The van der Waals surface area contributed by atoms with Gasteiger partial charge in [-0.25, -0.2) is 4.39 Å². The van der Waals surface area contributed by atoms with Crippen LogP contribution in [0.5, 0.6) is 0 Å². The fourth-order valence-corrected chi connectivity index (χ4v) is 4.85. The van der Waals surface area contributed by atoms with Gasteiger partial charge in [-0.3, -0.25) is 14.6 Å². The third-order valence-electron chi connectivity index (χ3n) is 6.28. The predicted octanol–water partition coefficient (Wildman–Crippen LogP) is 4.60. The minimum Gasteiger partial charge on any atom is -0.378 e. The molecule has 0 fully saturated rings. The van der Waals surface area contributed by atoms with Crippen LogP contribution in [0.1, 0.15) is 51.2 Å². The maximum Gasteiger partial charge on any atom is 0.257 e. The molecule has 1 aliphatic carbocycles. The first-order chi connectivity index (χ1) is 16.2. The number of nitrogens with two attached hydrogens (primary N) is 1. The van der Waals surface area contributed by atoms with Crippen molar-refractivity contribution in [3.8, 4) is 0 Å². The van der Waals surface area contributed by atoms with Crippen LogP contribution in [0.3, 0.4) is 0 Å². The average Bonchev–Trinajstić information content (AvgIpc) is 3.20. The zero-order valence-corrected chi connectivity index (χ0v) is 20.0. The van der Waals surface area contributed by atoms with Gasteiger partial charge in [0.25, 0.3) is 5.91 Å². The van der Waals surface area contributed by atoms with Crippen molar-refractivity contribution in [3.63, 3.8) is 0 Å². The Bertz CT molecular complexity index is 1260. The summed E-state index contributed by atoms with van der Waals surface area (Å²) in [5, 5.41) is 0.235. The number of rotatable bonds is 6. The van der Waals surface area contributed by atoms with Gasteiger partial charge < -0.3 is 15.5 Å². The summed E-state index contributed by atoms with van der Waals surface area (Å²) in [5.74, 6) is -1.50. The molecule has 2 amide bonds. The van der Waals surface area contributed by atoms with Crippen molar-refractivity contribution in [1.29, 1.82) is 0 Å². The summed E-state index contributed by atoms with van der Waals surface area (Å²) in [6.45, 7) is 1.73. The molecule has 0 radical (unpaired) electrons. The van der Waals surface area contributed by atoms with Crippen molar-refractivity contribution in [1.82, 2.24) is 9.88 Å². The van der Waals surface area contributed by atoms with Gasteiger partial charge >= 0.3 is 0 Å². The Labute approximate surface area is 203 Å². The summed E-state index contributed by atoms with van der Waals surface area (Å²) >= 11 is 6.18. The second kappa shape index (κ2) is 9.43. The number of pyridine rings is 1. The van der Waals surface area contributed by atoms with Crippen LogP contribution in [0.4, 0.5) is 10.1 Å². The Morgan fingerprint density at radius 1 is 1.18 bits per heavy atom. The molecular formula is C26H26ClFN4O2. The number of anilines is 1. The highest BCUT2D eigenvalue weighted by atomic mass is 35.5. The molecule has 2 aromatic carbocycles. The van der Waals surface area contributed by atoms with E-state index in [-0.39, 0.29) is 5.02 Å². The number of nitrogens with zero attached hydrogens (tertiary/aromatic N) is 3. The highest BCUT2D eigenvalue weighted by Gasteiger charge is 2.40. The van der Waals surface area contributed by atoms with Crippen molar-refractivity contribution < 1.29 is 14.0 Å².